The highest BCUT2D eigenvalue weighted by atomic mass is 32.2. The molecule has 0 bridgehead atoms. The van der Waals surface area contributed by atoms with Gasteiger partial charge in [0.05, 0.1) is 17.1 Å². The topological polar surface area (TPSA) is 95.5 Å². The number of carbonyl (C=O) groups is 1. The van der Waals surface area contributed by atoms with E-state index in [1.54, 1.807) is 0 Å². The molecule has 0 saturated heterocycles. The number of aliphatic hydroxyl groups is 1. The van der Waals surface area contributed by atoms with Gasteiger partial charge in [-0.1, -0.05) is 0 Å². The van der Waals surface area contributed by atoms with Crippen LogP contribution >= 0.6 is 0 Å². The van der Waals surface area contributed by atoms with Gasteiger partial charge >= 0.3 is 0 Å². The molecule has 0 heterocycles. The van der Waals surface area contributed by atoms with Crippen molar-refractivity contribution in [2.75, 3.05) is 11.9 Å². The largest absolute Gasteiger partial charge is 0.395 e. The van der Waals surface area contributed by atoms with E-state index in [-0.39, 0.29) is 5.69 Å². The average Bonchev–Trinajstić information content (AvgIpc) is 2.57. The SMILES string of the molecule is C[C@@H](CO)NS(=O)(=O)c1ccc(F)c(C(=O)Nc2ccc(F)c(F)c2)c1. The van der Waals surface area contributed by atoms with Crippen molar-refractivity contribution in [2.24, 2.45) is 0 Å². The van der Waals surface area contributed by atoms with Gasteiger partial charge in [-0.25, -0.2) is 26.3 Å². The number of aliphatic hydroxyl groups excluding tert-OH is 1. The number of rotatable bonds is 6. The van der Waals surface area contributed by atoms with Crippen molar-refractivity contribution in [3.05, 3.63) is 59.4 Å². The first-order valence-corrected chi connectivity index (χ1v) is 8.81. The molecule has 0 aliphatic rings. The fraction of sp³-hybridized carbons (Fsp3) is 0.188. The summed E-state index contributed by atoms with van der Waals surface area (Å²) < 4.78 is 66.5. The third-order valence-corrected chi connectivity index (χ3v) is 4.89. The summed E-state index contributed by atoms with van der Waals surface area (Å²) in [5.41, 5.74) is -0.733. The Morgan fingerprint density at radius 2 is 1.73 bits per heavy atom. The van der Waals surface area contributed by atoms with Crippen molar-refractivity contribution in [2.45, 2.75) is 17.9 Å². The van der Waals surface area contributed by atoms with E-state index in [1.165, 1.54) is 6.92 Å². The summed E-state index contributed by atoms with van der Waals surface area (Å²) in [6.07, 6.45) is 0. The van der Waals surface area contributed by atoms with Crippen LogP contribution in [-0.4, -0.2) is 32.1 Å². The standard InChI is InChI=1S/C16H15F3N2O4S/c1-9(8-22)21-26(24,25)11-3-5-13(17)12(7-11)16(23)20-10-2-4-14(18)15(19)6-10/h2-7,9,21-22H,8H2,1H3,(H,20,23)/t9-/m0/s1. The van der Waals surface area contributed by atoms with E-state index in [2.05, 4.69) is 10.0 Å². The summed E-state index contributed by atoms with van der Waals surface area (Å²) in [5, 5.41) is 11.1. The Labute approximate surface area is 147 Å². The van der Waals surface area contributed by atoms with Gasteiger partial charge in [0, 0.05) is 17.8 Å². The molecular weight excluding hydrogens is 373 g/mol. The van der Waals surface area contributed by atoms with Crippen molar-refractivity contribution in [1.82, 2.24) is 4.72 Å². The Morgan fingerprint density at radius 3 is 2.35 bits per heavy atom. The Morgan fingerprint density at radius 1 is 1.08 bits per heavy atom. The number of halogens is 3. The fourth-order valence-electron chi connectivity index (χ4n) is 1.99. The van der Waals surface area contributed by atoms with Crippen LogP contribution in [0.15, 0.2) is 41.3 Å². The lowest BCUT2D eigenvalue weighted by Crippen LogP contribution is -2.35. The molecule has 0 aliphatic carbocycles. The number of amides is 1. The monoisotopic (exact) mass is 388 g/mol. The van der Waals surface area contributed by atoms with Crippen molar-refractivity contribution >= 4 is 21.6 Å². The summed E-state index contributed by atoms with van der Waals surface area (Å²) >= 11 is 0. The minimum atomic E-state index is -4.10. The van der Waals surface area contributed by atoms with Gasteiger partial charge in [-0.2, -0.15) is 0 Å². The smallest absolute Gasteiger partial charge is 0.258 e. The number of sulfonamides is 1. The molecule has 2 aromatic carbocycles. The lowest BCUT2D eigenvalue weighted by Gasteiger charge is -2.13. The quantitative estimate of drug-likeness (QED) is 0.706. The van der Waals surface area contributed by atoms with Crippen molar-refractivity contribution in [3.8, 4) is 0 Å². The number of carbonyl (C=O) groups excluding carboxylic acids is 1. The third-order valence-electron chi connectivity index (χ3n) is 3.30. The maximum atomic E-state index is 13.9. The first kappa shape index (κ1) is 19.9. The maximum absolute atomic E-state index is 13.9. The normalized spacial score (nSPS) is 12.7. The fourth-order valence-corrected chi connectivity index (χ4v) is 3.25. The summed E-state index contributed by atoms with van der Waals surface area (Å²) in [6, 6.07) is 4.31. The third kappa shape index (κ3) is 4.59. The van der Waals surface area contributed by atoms with E-state index in [4.69, 9.17) is 5.11 Å². The van der Waals surface area contributed by atoms with Crippen LogP contribution in [0.25, 0.3) is 0 Å². The van der Waals surface area contributed by atoms with Gasteiger partial charge in [0.1, 0.15) is 5.82 Å². The Kier molecular flexibility index (Phi) is 6.01. The van der Waals surface area contributed by atoms with Crippen LogP contribution in [0.4, 0.5) is 18.9 Å². The van der Waals surface area contributed by atoms with E-state index in [9.17, 15) is 26.4 Å². The molecule has 10 heteroatoms. The highest BCUT2D eigenvalue weighted by Gasteiger charge is 2.21. The van der Waals surface area contributed by atoms with Gasteiger partial charge in [0.2, 0.25) is 10.0 Å². The molecule has 0 radical (unpaired) electrons. The molecule has 0 aliphatic heterocycles. The highest BCUT2D eigenvalue weighted by Crippen LogP contribution is 2.19. The predicted molar refractivity (Wildman–Crippen MR) is 87.6 cm³/mol. The molecule has 1 atom stereocenters. The van der Waals surface area contributed by atoms with Crippen LogP contribution in [0.1, 0.15) is 17.3 Å². The first-order chi connectivity index (χ1) is 12.1. The second-order valence-electron chi connectivity index (χ2n) is 5.43. The molecule has 3 N–H and O–H groups in total. The highest BCUT2D eigenvalue weighted by molar-refractivity contribution is 7.89. The second kappa shape index (κ2) is 7.85. The van der Waals surface area contributed by atoms with Crippen LogP contribution in [0.5, 0.6) is 0 Å². The van der Waals surface area contributed by atoms with Gasteiger partial charge in [-0.3, -0.25) is 4.79 Å². The maximum Gasteiger partial charge on any atom is 0.258 e. The molecule has 0 spiro atoms. The molecule has 0 unspecified atom stereocenters. The summed E-state index contributed by atoms with van der Waals surface area (Å²) in [6.45, 7) is 0.960. The van der Waals surface area contributed by atoms with Crippen LogP contribution in [0.2, 0.25) is 0 Å². The van der Waals surface area contributed by atoms with Gasteiger partial charge < -0.3 is 10.4 Å². The average molecular weight is 388 g/mol. The van der Waals surface area contributed by atoms with Crippen molar-refractivity contribution < 1.29 is 31.5 Å². The zero-order valence-corrected chi connectivity index (χ0v) is 14.3. The zero-order chi connectivity index (χ0) is 19.5. The zero-order valence-electron chi connectivity index (χ0n) is 13.5. The van der Waals surface area contributed by atoms with Crippen LogP contribution in [-0.2, 0) is 10.0 Å². The molecule has 0 saturated carbocycles. The molecule has 6 nitrogen and oxygen atoms in total. The lowest BCUT2D eigenvalue weighted by atomic mass is 10.2. The van der Waals surface area contributed by atoms with Gasteiger partial charge in [-0.05, 0) is 37.3 Å². The Balaban J connectivity index is 2.31. The molecule has 26 heavy (non-hydrogen) atoms. The van der Waals surface area contributed by atoms with E-state index in [0.29, 0.717) is 6.07 Å². The number of nitrogens with one attached hydrogen (secondary N) is 2. The summed E-state index contributed by atoms with van der Waals surface area (Å²) in [7, 11) is -4.10. The molecule has 0 fully saturated rings. The van der Waals surface area contributed by atoms with E-state index >= 15 is 0 Å². The van der Waals surface area contributed by atoms with Gasteiger partial charge in [0.15, 0.2) is 11.6 Å². The Bertz CT molecular complexity index is 935. The number of hydrogen-bond donors (Lipinski definition) is 3. The molecule has 140 valence electrons. The first-order valence-electron chi connectivity index (χ1n) is 7.33. The van der Waals surface area contributed by atoms with E-state index in [0.717, 1.165) is 30.3 Å². The van der Waals surface area contributed by atoms with E-state index in [1.807, 2.05) is 0 Å². The lowest BCUT2D eigenvalue weighted by molar-refractivity contribution is 0.102. The van der Waals surface area contributed by atoms with Crippen molar-refractivity contribution in [1.29, 1.82) is 0 Å². The number of anilines is 1. The number of hydrogen-bond acceptors (Lipinski definition) is 4. The minimum absolute atomic E-state index is 0.131. The summed E-state index contributed by atoms with van der Waals surface area (Å²) in [4.78, 5) is 11.8. The van der Waals surface area contributed by atoms with Gasteiger partial charge in [-0.15, -0.1) is 0 Å². The van der Waals surface area contributed by atoms with Crippen LogP contribution < -0.4 is 10.0 Å². The molecule has 1 amide bonds. The van der Waals surface area contributed by atoms with Crippen LogP contribution in [0, 0.1) is 17.5 Å². The molecule has 2 aromatic rings. The molecule has 0 aromatic heterocycles. The number of benzene rings is 2. The van der Waals surface area contributed by atoms with Crippen LogP contribution in [0.3, 0.4) is 0 Å². The summed E-state index contributed by atoms with van der Waals surface area (Å²) in [5.74, 6) is -4.37. The molecule has 2 rings (SSSR count). The molecular formula is C16H15F3N2O4S. The minimum Gasteiger partial charge on any atom is -0.395 e. The van der Waals surface area contributed by atoms with Gasteiger partial charge in [0.25, 0.3) is 5.91 Å². The van der Waals surface area contributed by atoms with Crippen molar-refractivity contribution in [3.63, 3.8) is 0 Å². The van der Waals surface area contributed by atoms with E-state index < -0.39 is 56.5 Å². The second-order valence-corrected chi connectivity index (χ2v) is 7.14. The predicted octanol–water partition coefficient (Wildman–Crippen LogP) is 2.02. The Hall–Kier alpha value is -2.43.